The lowest BCUT2D eigenvalue weighted by atomic mass is 10.1. The highest BCUT2D eigenvalue weighted by molar-refractivity contribution is 6.29. The predicted molar refractivity (Wildman–Crippen MR) is 106 cm³/mol. The van der Waals surface area contributed by atoms with E-state index in [1.165, 1.54) is 0 Å². The smallest absolute Gasteiger partial charge is 0.242 e. The Labute approximate surface area is 164 Å². The van der Waals surface area contributed by atoms with Crippen molar-refractivity contribution in [1.29, 1.82) is 0 Å². The van der Waals surface area contributed by atoms with Gasteiger partial charge < -0.3 is 19.1 Å². The second-order valence-corrected chi connectivity index (χ2v) is 6.46. The van der Waals surface area contributed by atoms with Crippen LogP contribution in [0.5, 0.6) is 17.2 Å². The minimum atomic E-state index is -0.208. The summed E-state index contributed by atoms with van der Waals surface area (Å²) in [6.07, 6.45) is 1.64. The van der Waals surface area contributed by atoms with Crippen LogP contribution < -0.4 is 19.1 Å². The molecule has 0 N–H and O–H groups in total. The summed E-state index contributed by atoms with van der Waals surface area (Å²) in [5.41, 5.74) is 1.57. The first kappa shape index (κ1) is 19.1. The molecule has 1 aliphatic rings. The van der Waals surface area contributed by atoms with E-state index in [0.29, 0.717) is 42.7 Å². The van der Waals surface area contributed by atoms with Gasteiger partial charge in [-0.3, -0.25) is 4.79 Å². The van der Waals surface area contributed by atoms with Crippen LogP contribution in [-0.4, -0.2) is 31.1 Å². The number of fused-ring (bicyclic) bond motifs is 1. The number of hydrogen-bond donors (Lipinski definition) is 0. The number of para-hydroxylation sites is 1. The lowest BCUT2D eigenvalue weighted by Crippen LogP contribution is -2.32. The number of hydrogen-bond acceptors (Lipinski definition) is 4. The summed E-state index contributed by atoms with van der Waals surface area (Å²) in [5, 5.41) is 0. The molecule has 6 heteroatoms. The summed E-state index contributed by atoms with van der Waals surface area (Å²) < 4.78 is 17.2. The van der Waals surface area contributed by atoms with Crippen molar-refractivity contribution in [3.63, 3.8) is 0 Å². The van der Waals surface area contributed by atoms with Crippen molar-refractivity contribution in [1.82, 2.24) is 0 Å². The largest absolute Gasteiger partial charge is 0.489 e. The number of halogens is 1. The second-order valence-electron chi connectivity index (χ2n) is 6.19. The van der Waals surface area contributed by atoms with E-state index in [1.54, 1.807) is 11.0 Å². The van der Waals surface area contributed by atoms with Crippen LogP contribution in [0.25, 0.3) is 0 Å². The summed E-state index contributed by atoms with van der Waals surface area (Å²) in [5.74, 6) is 1.66. The van der Waals surface area contributed by atoms with E-state index in [-0.39, 0.29) is 17.9 Å². The van der Waals surface area contributed by atoms with Crippen molar-refractivity contribution in [3.8, 4) is 17.2 Å². The van der Waals surface area contributed by atoms with Gasteiger partial charge in [-0.2, -0.15) is 0 Å². The van der Waals surface area contributed by atoms with Gasteiger partial charge in [0.15, 0.2) is 11.5 Å². The Balaban J connectivity index is 1.91. The summed E-state index contributed by atoms with van der Waals surface area (Å²) in [6.45, 7) is 6.83. The van der Waals surface area contributed by atoms with Gasteiger partial charge in [-0.05, 0) is 25.1 Å². The van der Waals surface area contributed by atoms with Crippen molar-refractivity contribution in [2.75, 3.05) is 24.0 Å². The van der Waals surface area contributed by atoms with Gasteiger partial charge in [0.25, 0.3) is 0 Å². The maximum Gasteiger partial charge on any atom is 0.242 e. The molecule has 5 nitrogen and oxygen atoms in total. The number of amides is 1. The molecule has 1 unspecified atom stereocenters. The Bertz CT molecular complexity index is 824. The molecule has 1 amide bonds. The number of alkyl halides is 1. The van der Waals surface area contributed by atoms with Gasteiger partial charge in [-0.15, -0.1) is 11.6 Å². The van der Waals surface area contributed by atoms with E-state index in [4.69, 9.17) is 25.8 Å². The van der Waals surface area contributed by atoms with Gasteiger partial charge in [0.1, 0.15) is 30.9 Å². The van der Waals surface area contributed by atoms with Crippen molar-refractivity contribution >= 4 is 23.2 Å². The summed E-state index contributed by atoms with van der Waals surface area (Å²) in [7, 11) is 0. The first-order valence-corrected chi connectivity index (χ1v) is 9.27. The monoisotopic (exact) mass is 387 g/mol. The fourth-order valence-electron chi connectivity index (χ4n) is 2.82. The Hall–Kier alpha value is -2.66. The molecule has 0 spiro atoms. The SMILES string of the molecule is C=CCOc1ccccc1CN(C(=O)CCl)c1ccc2c(c1)OC(C)CO2. The molecule has 0 saturated heterocycles. The predicted octanol–water partition coefficient (Wildman–Crippen LogP) is 4.18. The van der Waals surface area contributed by atoms with Crippen molar-refractivity contribution in [2.45, 2.75) is 19.6 Å². The number of nitrogens with zero attached hydrogens (tertiary/aromatic N) is 1. The normalized spacial score (nSPS) is 15.1. The van der Waals surface area contributed by atoms with Gasteiger partial charge >= 0.3 is 0 Å². The molecule has 2 aromatic rings. The zero-order valence-electron chi connectivity index (χ0n) is 15.2. The van der Waals surface area contributed by atoms with Crippen LogP contribution >= 0.6 is 11.6 Å². The first-order chi connectivity index (χ1) is 13.1. The van der Waals surface area contributed by atoms with E-state index in [0.717, 1.165) is 5.56 Å². The van der Waals surface area contributed by atoms with Gasteiger partial charge in [-0.1, -0.05) is 30.9 Å². The van der Waals surface area contributed by atoms with Gasteiger partial charge in [-0.25, -0.2) is 0 Å². The minimum Gasteiger partial charge on any atom is -0.489 e. The maximum atomic E-state index is 12.5. The Morgan fingerprint density at radius 1 is 1.33 bits per heavy atom. The van der Waals surface area contributed by atoms with Crippen LogP contribution in [0.3, 0.4) is 0 Å². The molecule has 0 fully saturated rings. The van der Waals surface area contributed by atoms with Crippen molar-refractivity contribution in [3.05, 3.63) is 60.7 Å². The molecule has 0 saturated carbocycles. The van der Waals surface area contributed by atoms with Crippen molar-refractivity contribution in [2.24, 2.45) is 0 Å². The van der Waals surface area contributed by atoms with E-state index in [9.17, 15) is 4.79 Å². The number of ether oxygens (including phenoxy) is 3. The number of benzene rings is 2. The molecule has 142 valence electrons. The van der Waals surface area contributed by atoms with Crippen LogP contribution in [0.2, 0.25) is 0 Å². The average molecular weight is 388 g/mol. The Morgan fingerprint density at radius 2 is 2.15 bits per heavy atom. The molecule has 3 rings (SSSR count). The third-order valence-corrected chi connectivity index (χ3v) is 4.34. The van der Waals surface area contributed by atoms with E-state index < -0.39 is 0 Å². The highest BCUT2D eigenvalue weighted by atomic mass is 35.5. The molecule has 2 aromatic carbocycles. The van der Waals surface area contributed by atoms with Gasteiger partial charge in [0, 0.05) is 17.3 Å². The third-order valence-electron chi connectivity index (χ3n) is 4.11. The highest BCUT2D eigenvalue weighted by Gasteiger charge is 2.22. The average Bonchev–Trinajstić information content (AvgIpc) is 2.70. The molecule has 0 bridgehead atoms. The van der Waals surface area contributed by atoms with Gasteiger partial charge in [0.05, 0.1) is 6.54 Å². The fraction of sp³-hybridized carbons (Fsp3) is 0.286. The quantitative estimate of drug-likeness (QED) is 0.528. The molecule has 1 aliphatic heterocycles. The molecule has 1 atom stereocenters. The number of anilines is 1. The van der Waals surface area contributed by atoms with Crippen LogP contribution in [0.4, 0.5) is 5.69 Å². The minimum absolute atomic E-state index is 0.0436. The Morgan fingerprint density at radius 3 is 2.93 bits per heavy atom. The van der Waals surface area contributed by atoms with E-state index >= 15 is 0 Å². The molecule has 0 aliphatic carbocycles. The number of carbonyl (C=O) groups excluding carboxylic acids is 1. The van der Waals surface area contributed by atoms with Crippen LogP contribution in [0.1, 0.15) is 12.5 Å². The van der Waals surface area contributed by atoms with E-state index in [1.807, 2.05) is 49.4 Å². The molecular weight excluding hydrogens is 366 g/mol. The highest BCUT2D eigenvalue weighted by Crippen LogP contribution is 2.36. The molecule has 0 radical (unpaired) electrons. The summed E-state index contributed by atoms with van der Waals surface area (Å²) >= 11 is 5.86. The topological polar surface area (TPSA) is 48.0 Å². The number of carbonyl (C=O) groups is 1. The van der Waals surface area contributed by atoms with Crippen LogP contribution in [-0.2, 0) is 11.3 Å². The van der Waals surface area contributed by atoms with Crippen LogP contribution in [0.15, 0.2) is 55.1 Å². The summed E-state index contributed by atoms with van der Waals surface area (Å²) in [4.78, 5) is 14.2. The molecule has 1 heterocycles. The van der Waals surface area contributed by atoms with E-state index in [2.05, 4.69) is 6.58 Å². The number of rotatable bonds is 7. The summed E-state index contributed by atoms with van der Waals surface area (Å²) in [6, 6.07) is 13.0. The van der Waals surface area contributed by atoms with Crippen LogP contribution in [0, 0.1) is 0 Å². The maximum absolute atomic E-state index is 12.5. The zero-order chi connectivity index (χ0) is 19.2. The second kappa shape index (κ2) is 8.82. The Kier molecular flexibility index (Phi) is 6.24. The molecular formula is C21H22ClNO4. The standard InChI is InChI=1S/C21H22ClNO4/c1-3-10-25-18-7-5-4-6-16(18)13-23(21(24)12-22)17-8-9-19-20(11-17)27-15(2)14-26-19/h3-9,11,15H,1,10,12-14H2,2H3. The zero-order valence-corrected chi connectivity index (χ0v) is 15.9. The first-order valence-electron chi connectivity index (χ1n) is 8.73. The lowest BCUT2D eigenvalue weighted by Gasteiger charge is -2.27. The van der Waals surface area contributed by atoms with Crippen molar-refractivity contribution < 1.29 is 19.0 Å². The molecule has 27 heavy (non-hydrogen) atoms. The molecule has 0 aromatic heterocycles. The third kappa shape index (κ3) is 4.55. The van der Waals surface area contributed by atoms with Gasteiger partial charge in [0.2, 0.25) is 5.91 Å². The lowest BCUT2D eigenvalue weighted by molar-refractivity contribution is -0.116. The fourth-order valence-corrected chi connectivity index (χ4v) is 2.97.